The van der Waals surface area contributed by atoms with Gasteiger partial charge in [-0.3, -0.25) is 0 Å². The molecule has 0 aromatic heterocycles. The number of hydrogen-bond acceptors (Lipinski definition) is 2. The average molecular weight is 288 g/mol. The molecule has 2 atom stereocenters. The van der Waals surface area contributed by atoms with Crippen molar-refractivity contribution < 1.29 is 9.90 Å². The fraction of sp³-hybridized carbons (Fsp3) is 0.588. The van der Waals surface area contributed by atoms with Gasteiger partial charge in [-0.25, -0.2) is 4.79 Å². The number of aliphatic hydroxyl groups is 1. The van der Waals surface area contributed by atoms with Crippen LogP contribution in [0.15, 0.2) is 30.3 Å². The Hall–Kier alpha value is -1.55. The summed E-state index contributed by atoms with van der Waals surface area (Å²) in [5.41, 5.74) is 0.811. The molecule has 21 heavy (non-hydrogen) atoms. The molecule has 1 saturated heterocycles. The van der Waals surface area contributed by atoms with E-state index in [1.54, 1.807) is 0 Å². The van der Waals surface area contributed by atoms with Gasteiger partial charge in [0.15, 0.2) is 0 Å². The maximum Gasteiger partial charge on any atom is 0.322 e. The third-order valence-corrected chi connectivity index (χ3v) is 4.80. The number of carbonyl (C=O) groups excluding carboxylic acids is 1. The summed E-state index contributed by atoms with van der Waals surface area (Å²) in [6.45, 7) is 0.458. The van der Waals surface area contributed by atoms with Crippen LogP contribution >= 0.6 is 0 Å². The van der Waals surface area contributed by atoms with Gasteiger partial charge in [0.2, 0.25) is 0 Å². The lowest BCUT2D eigenvalue weighted by atomic mass is 9.83. The molecule has 1 heterocycles. The Bertz CT molecular complexity index is 471. The SMILES string of the molecule is O=C(Nc1ccccc1)N1C[C@@H](O)C[C@H]1C1CCCCC1. The topological polar surface area (TPSA) is 52.6 Å². The Labute approximate surface area is 126 Å². The molecule has 2 amide bonds. The number of nitrogens with zero attached hydrogens (tertiary/aromatic N) is 1. The van der Waals surface area contributed by atoms with Crippen molar-refractivity contribution >= 4 is 11.7 Å². The first-order chi connectivity index (χ1) is 10.2. The number of amides is 2. The lowest BCUT2D eigenvalue weighted by molar-refractivity contribution is 0.164. The monoisotopic (exact) mass is 288 g/mol. The summed E-state index contributed by atoms with van der Waals surface area (Å²) in [4.78, 5) is 14.4. The number of benzene rings is 1. The zero-order chi connectivity index (χ0) is 14.7. The van der Waals surface area contributed by atoms with Gasteiger partial charge in [0.05, 0.1) is 6.10 Å². The van der Waals surface area contributed by atoms with E-state index in [4.69, 9.17) is 0 Å². The van der Waals surface area contributed by atoms with Gasteiger partial charge < -0.3 is 15.3 Å². The molecule has 2 aliphatic rings. The van der Waals surface area contributed by atoms with Crippen molar-refractivity contribution in [2.24, 2.45) is 5.92 Å². The van der Waals surface area contributed by atoms with Crippen LogP contribution in [-0.4, -0.2) is 34.7 Å². The van der Waals surface area contributed by atoms with Gasteiger partial charge >= 0.3 is 6.03 Å². The molecule has 0 unspecified atom stereocenters. The number of para-hydroxylation sites is 1. The lowest BCUT2D eigenvalue weighted by Crippen LogP contribution is -2.43. The molecule has 0 radical (unpaired) electrons. The maximum absolute atomic E-state index is 12.5. The summed E-state index contributed by atoms with van der Waals surface area (Å²) in [5, 5.41) is 12.9. The fourth-order valence-electron chi connectivity index (χ4n) is 3.76. The van der Waals surface area contributed by atoms with E-state index in [2.05, 4.69) is 5.32 Å². The molecule has 1 aliphatic heterocycles. The van der Waals surface area contributed by atoms with Crippen LogP contribution < -0.4 is 5.32 Å². The lowest BCUT2D eigenvalue weighted by Gasteiger charge is -2.33. The van der Waals surface area contributed by atoms with E-state index in [0.717, 1.165) is 12.1 Å². The van der Waals surface area contributed by atoms with Crippen molar-refractivity contribution in [2.75, 3.05) is 11.9 Å². The van der Waals surface area contributed by atoms with Crippen LogP contribution in [0.1, 0.15) is 38.5 Å². The number of nitrogens with one attached hydrogen (secondary N) is 1. The molecule has 1 saturated carbocycles. The number of aliphatic hydroxyl groups excluding tert-OH is 1. The smallest absolute Gasteiger partial charge is 0.322 e. The van der Waals surface area contributed by atoms with Crippen molar-refractivity contribution in [3.05, 3.63) is 30.3 Å². The summed E-state index contributed by atoms with van der Waals surface area (Å²) in [6, 6.07) is 9.65. The van der Waals surface area contributed by atoms with Crippen molar-refractivity contribution in [3.8, 4) is 0 Å². The van der Waals surface area contributed by atoms with E-state index in [0.29, 0.717) is 12.5 Å². The Morgan fingerprint density at radius 3 is 2.57 bits per heavy atom. The molecule has 1 aliphatic carbocycles. The third kappa shape index (κ3) is 3.38. The maximum atomic E-state index is 12.5. The normalized spacial score (nSPS) is 26.8. The summed E-state index contributed by atoms with van der Waals surface area (Å²) >= 11 is 0. The van der Waals surface area contributed by atoms with Crippen LogP contribution in [0.3, 0.4) is 0 Å². The number of hydrogen-bond donors (Lipinski definition) is 2. The first-order valence-electron chi connectivity index (χ1n) is 8.05. The zero-order valence-corrected chi connectivity index (χ0v) is 12.4. The first kappa shape index (κ1) is 14.4. The number of rotatable bonds is 2. The van der Waals surface area contributed by atoms with Gasteiger partial charge in [-0.2, -0.15) is 0 Å². The number of carbonyl (C=O) groups is 1. The standard InChI is InChI=1S/C17H24N2O2/c20-15-11-16(13-7-3-1-4-8-13)19(12-15)17(21)18-14-9-5-2-6-10-14/h2,5-6,9-10,13,15-16,20H,1,3-4,7-8,11-12H2,(H,18,21)/t15-,16-/m0/s1. The Kier molecular flexibility index (Phi) is 4.44. The van der Waals surface area contributed by atoms with Gasteiger partial charge in [0.1, 0.15) is 0 Å². The van der Waals surface area contributed by atoms with Crippen LogP contribution in [0.5, 0.6) is 0 Å². The number of β-amino-alcohol motifs (C(OH)–C–C–N with tert-alkyl or cyclic N) is 1. The second-order valence-electron chi connectivity index (χ2n) is 6.30. The predicted molar refractivity (Wildman–Crippen MR) is 83.2 cm³/mol. The van der Waals surface area contributed by atoms with Crippen molar-refractivity contribution in [1.29, 1.82) is 0 Å². The number of urea groups is 1. The van der Waals surface area contributed by atoms with Gasteiger partial charge in [0, 0.05) is 18.3 Å². The first-order valence-corrected chi connectivity index (χ1v) is 8.05. The van der Waals surface area contributed by atoms with E-state index < -0.39 is 0 Å². The van der Waals surface area contributed by atoms with Gasteiger partial charge in [-0.1, -0.05) is 37.5 Å². The van der Waals surface area contributed by atoms with E-state index in [9.17, 15) is 9.90 Å². The molecule has 3 rings (SSSR count). The predicted octanol–water partition coefficient (Wildman–Crippen LogP) is 3.23. The highest BCUT2D eigenvalue weighted by molar-refractivity contribution is 5.89. The van der Waals surface area contributed by atoms with Gasteiger partial charge in [-0.05, 0) is 37.3 Å². The van der Waals surface area contributed by atoms with Crippen LogP contribution in [0, 0.1) is 5.92 Å². The minimum Gasteiger partial charge on any atom is -0.391 e. The van der Waals surface area contributed by atoms with Crippen molar-refractivity contribution in [1.82, 2.24) is 4.90 Å². The van der Waals surface area contributed by atoms with Crippen molar-refractivity contribution in [2.45, 2.75) is 50.7 Å². The van der Waals surface area contributed by atoms with E-state index in [1.165, 1.54) is 32.1 Å². The van der Waals surface area contributed by atoms with Crippen LogP contribution in [0.4, 0.5) is 10.5 Å². The quantitative estimate of drug-likeness (QED) is 0.878. The largest absolute Gasteiger partial charge is 0.391 e. The molecule has 0 spiro atoms. The molecular weight excluding hydrogens is 264 g/mol. The highest BCUT2D eigenvalue weighted by Gasteiger charge is 2.39. The minimum atomic E-state index is -0.376. The van der Waals surface area contributed by atoms with Crippen LogP contribution in [0.2, 0.25) is 0 Å². The van der Waals surface area contributed by atoms with E-state index in [1.807, 2.05) is 35.2 Å². The number of anilines is 1. The molecule has 1 aromatic carbocycles. The minimum absolute atomic E-state index is 0.0756. The summed E-state index contributed by atoms with van der Waals surface area (Å²) in [7, 11) is 0. The molecule has 4 heteroatoms. The molecule has 0 bridgehead atoms. The highest BCUT2D eigenvalue weighted by Crippen LogP contribution is 2.34. The number of likely N-dealkylation sites (tertiary alicyclic amines) is 1. The molecule has 4 nitrogen and oxygen atoms in total. The molecule has 2 fully saturated rings. The second-order valence-corrected chi connectivity index (χ2v) is 6.30. The fourth-order valence-corrected chi connectivity index (χ4v) is 3.76. The van der Waals surface area contributed by atoms with Crippen molar-refractivity contribution in [3.63, 3.8) is 0 Å². The Balaban J connectivity index is 1.67. The zero-order valence-electron chi connectivity index (χ0n) is 12.4. The average Bonchev–Trinajstić information content (AvgIpc) is 2.91. The summed E-state index contributed by atoms with van der Waals surface area (Å²) < 4.78 is 0. The third-order valence-electron chi connectivity index (χ3n) is 4.80. The molecule has 1 aromatic rings. The molecular formula is C17H24N2O2. The van der Waals surface area contributed by atoms with Gasteiger partial charge in [0.25, 0.3) is 0 Å². The van der Waals surface area contributed by atoms with E-state index >= 15 is 0 Å². The van der Waals surface area contributed by atoms with Crippen LogP contribution in [-0.2, 0) is 0 Å². The molecule has 2 N–H and O–H groups in total. The second kappa shape index (κ2) is 6.48. The van der Waals surface area contributed by atoms with E-state index in [-0.39, 0.29) is 18.2 Å². The summed E-state index contributed by atoms with van der Waals surface area (Å²) in [5.74, 6) is 0.553. The Morgan fingerprint density at radius 1 is 1.14 bits per heavy atom. The van der Waals surface area contributed by atoms with Gasteiger partial charge in [-0.15, -0.1) is 0 Å². The summed E-state index contributed by atoms with van der Waals surface area (Å²) in [6.07, 6.45) is 6.54. The Morgan fingerprint density at radius 2 is 1.86 bits per heavy atom. The highest BCUT2D eigenvalue weighted by atomic mass is 16.3. The van der Waals surface area contributed by atoms with Crippen LogP contribution in [0.25, 0.3) is 0 Å². The molecule has 114 valence electrons.